The molecule has 4 nitrogen and oxygen atoms in total. The number of carbonyl (C=O) groups is 1. The van der Waals surface area contributed by atoms with Crippen LogP contribution < -0.4 is 14.8 Å². The van der Waals surface area contributed by atoms with Crippen molar-refractivity contribution in [3.63, 3.8) is 0 Å². The van der Waals surface area contributed by atoms with E-state index >= 15 is 0 Å². The summed E-state index contributed by atoms with van der Waals surface area (Å²) in [5, 5.41) is 3.52. The Kier molecular flexibility index (Phi) is 7.41. The lowest BCUT2D eigenvalue weighted by Gasteiger charge is -2.11. The Morgan fingerprint density at radius 2 is 1.76 bits per heavy atom. The highest BCUT2D eigenvalue weighted by atomic mass is 35.5. The molecule has 0 bridgehead atoms. The maximum atomic E-state index is 12.0. The van der Waals surface area contributed by atoms with Crippen molar-refractivity contribution in [2.24, 2.45) is 5.92 Å². The summed E-state index contributed by atoms with van der Waals surface area (Å²) in [5.41, 5.74) is 0.564. The van der Waals surface area contributed by atoms with Crippen LogP contribution in [0, 0.1) is 5.92 Å². The molecule has 0 aromatic heterocycles. The van der Waals surface area contributed by atoms with E-state index in [0.717, 1.165) is 12.2 Å². The van der Waals surface area contributed by atoms with Crippen LogP contribution >= 0.6 is 23.2 Å². The molecule has 0 spiro atoms. The molecule has 0 radical (unpaired) electrons. The first-order valence-electron chi connectivity index (χ1n) is 8.04. The molecule has 2 rings (SSSR count). The molecular formula is C19H21Cl2NO3. The Labute approximate surface area is 158 Å². The predicted molar refractivity (Wildman–Crippen MR) is 102 cm³/mol. The number of nitrogens with one attached hydrogen (secondary N) is 1. The largest absolute Gasteiger partial charge is 0.493 e. The van der Waals surface area contributed by atoms with Crippen LogP contribution in [0.4, 0.5) is 5.69 Å². The van der Waals surface area contributed by atoms with Gasteiger partial charge in [-0.1, -0.05) is 43.1 Å². The zero-order chi connectivity index (χ0) is 18.2. The van der Waals surface area contributed by atoms with E-state index < -0.39 is 0 Å². The second-order valence-electron chi connectivity index (χ2n) is 5.97. The van der Waals surface area contributed by atoms with Crippen LogP contribution in [-0.2, 0) is 4.79 Å². The van der Waals surface area contributed by atoms with Crippen molar-refractivity contribution in [3.05, 3.63) is 52.5 Å². The fourth-order valence-corrected chi connectivity index (χ4v) is 2.28. The first-order chi connectivity index (χ1) is 11.9. The average Bonchev–Trinajstić information content (AvgIpc) is 2.56. The third-order valence-corrected chi connectivity index (χ3v) is 4.08. The molecule has 0 atom stereocenters. The van der Waals surface area contributed by atoms with E-state index in [4.69, 9.17) is 32.7 Å². The Balaban J connectivity index is 1.83. The molecule has 0 fully saturated rings. The van der Waals surface area contributed by atoms with E-state index in [9.17, 15) is 4.79 Å². The highest BCUT2D eigenvalue weighted by molar-refractivity contribution is 6.42. The standard InChI is InChI=1S/C19H21Cl2NO3/c1-13(2)8-9-24-15-4-3-5-16(11-15)25-12-19(23)22-14-6-7-17(20)18(21)10-14/h3-7,10-11,13H,8-9,12H2,1-2H3,(H,22,23). The van der Waals surface area contributed by atoms with Crippen molar-refractivity contribution in [2.45, 2.75) is 20.3 Å². The number of ether oxygens (including phenoxy) is 2. The van der Waals surface area contributed by atoms with Gasteiger partial charge in [0, 0.05) is 11.8 Å². The minimum Gasteiger partial charge on any atom is -0.493 e. The zero-order valence-corrected chi connectivity index (χ0v) is 15.7. The third kappa shape index (κ3) is 6.85. The van der Waals surface area contributed by atoms with Crippen molar-refractivity contribution in [2.75, 3.05) is 18.5 Å². The number of rotatable bonds is 8. The van der Waals surface area contributed by atoms with Crippen molar-refractivity contribution in [1.29, 1.82) is 0 Å². The number of hydrogen-bond donors (Lipinski definition) is 1. The normalized spacial score (nSPS) is 10.6. The van der Waals surface area contributed by atoms with Gasteiger partial charge in [0.1, 0.15) is 11.5 Å². The summed E-state index contributed by atoms with van der Waals surface area (Å²) in [4.78, 5) is 12.0. The summed E-state index contributed by atoms with van der Waals surface area (Å²) in [7, 11) is 0. The molecule has 0 aliphatic rings. The fourth-order valence-electron chi connectivity index (χ4n) is 1.99. The van der Waals surface area contributed by atoms with Crippen molar-refractivity contribution in [3.8, 4) is 11.5 Å². The van der Waals surface area contributed by atoms with Gasteiger partial charge < -0.3 is 14.8 Å². The van der Waals surface area contributed by atoms with E-state index in [0.29, 0.717) is 34.0 Å². The second kappa shape index (κ2) is 9.54. The van der Waals surface area contributed by atoms with E-state index in [1.807, 2.05) is 12.1 Å². The van der Waals surface area contributed by atoms with Gasteiger partial charge >= 0.3 is 0 Å². The monoisotopic (exact) mass is 381 g/mol. The van der Waals surface area contributed by atoms with Crippen molar-refractivity contribution in [1.82, 2.24) is 0 Å². The van der Waals surface area contributed by atoms with Crippen LogP contribution in [0.1, 0.15) is 20.3 Å². The summed E-state index contributed by atoms with van der Waals surface area (Å²) >= 11 is 11.8. The topological polar surface area (TPSA) is 47.6 Å². The van der Waals surface area contributed by atoms with Gasteiger partial charge in [0.15, 0.2) is 6.61 Å². The fraction of sp³-hybridized carbons (Fsp3) is 0.316. The molecule has 0 aliphatic heterocycles. The number of benzene rings is 2. The number of anilines is 1. The summed E-state index contributed by atoms with van der Waals surface area (Å²) in [6, 6.07) is 12.1. The van der Waals surface area contributed by atoms with E-state index in [1.54, 1.807) is 30.3 Å². The molecule has 25 heavy (non-hydrogen) atoms. The first-order valence-corrected chi connectivity index (χ1v) is 8.80. The lowest BCUT2D eigenvalue weighted by molar-refractivity contribution is -0.118. The molecule has 0 heterocycles. The molecule has 0 aliphatic carbocycles. The number of hydrogen-bond acceptors (Lipinski definition) is 3. The SMILES string of the molecule is CC(C)CCOc1cccc(OCC(=O)Nc2ccc(Cl)c(Cl)c2)c1. The van der Waals surface area contributed by atoms with Gasteiger partial charge in [-0.3, -0.25) is 4.79 Å². The Bertz CT molecular complexity index is 720. The molecule has 0 unspecified atom stereocenters. The quantitative estimate of drug-likeness (QED) is 0.662. The first kappa shape index (κ1) is 19.4. The summed E-state index contributed by atoms with van der Waals surface area (Å²) < 4.78 is 11.2. The second-order valence-corrected chi connectivity index (χ2v) is 6.79. The van der Waals surface area contributed by atoms with Crippen molar-refractivity contribution < 1.29 is 14.3 Å². The minimum atomic E-state index is -0.287. The highest BCUT2D eigenvalue weighted by Crippen LogP contribution is 2.25. The van der Waals surface area contributed by atoms with Gasteiger partial charge in [-0.15, -0.1) is 0 Å². The van der Waals surface area contributed by atoms with Gasteiger partial charge in [-0.2, -0.15) is 0 Å². The molecule has 1 N–H and O–H groups in total. The van der Waals surface area contributed by atoms with Crippen LogP contribution in [0.2, 0.25) is 10.0 Å². The molecule has 1 amide bonds. The predicted octanol–water partition coefficient (Wildman–Crippen LogP) is 5.44. The summed E-state index contributed by atoms with van der Waals surface area (Å²) in [6.45, 7) is 4.83. The number of amides is 1. The van der Waals surface area contributed by atoms with Crippen molar-refractivity contribution >= 4 is 34.8 Å². The maximum Gasteiger partial charge on any atom is 0.262 e. The summed E-state index contributed by atoms with van der Waals surface area (Å²) in [5.74, 6) is 1.60. The summed E-state index contributed by atoms with van der Waals surface area (Å²) in [6.07, 6.45) is 0.983. The van der Waals surface area contributed by atoms with Crippen LogP contribution in [0.15, 0.2) is 42.5 Å². The molecule has 2 aromatic carbocycles. The highest BCUT2D eigenvalue weighted by Gasteiger charge is 2.06. The van der Waals surface area contributed by atoms with Crippen LogP contribution in [0.3, 0.4) is 0 Å². The molecule has 0 saturated heterocycles. The molecule has 2 aromatic rings. The molecule has 6 heteroatoms. The van der Waals surface area contributed by atoms with Gasteiger partial charge in [0.25, 0.3) is 5.91 Å². The smallest absolute Gasteiger partial charge is 0.262 e. The van der Waals surface area contributed by atoms with Gasteiger partial charge in [-0.25, -0.2) is 0 Å². The van der Waals surface area contributed by atoms with E-state index in [1.165, 1.54) is 0 Å². The molecule has 134 valence electrons. The minimum absolute atomic E-state index is 0.115. The average molecular weight is 382 g/mol. The van der Waals surface area contributed by atoms with Gasteiger partial charge in [-0.05, 0) is 42.7 Å². The molecular weight excluding hydrogens is 361 g/mol. The Morgan fingerprint density at radius 1 is 1.04 bits per heavy atom. The van der Waals surface area contributed by atoms with E-state index in [2.05, 4.69) is 19.2 Å². The number of halogens is 2. The van der Waals surface area contributed by atoms with Gasteiger partial charge in [0.05, 0.1) is 16.7 Å². The molecule has 0 saturated carbocycles. The number of carbonyl (C=O) groups excluding carboxylic acids is 1. The lowest BCUT2D eigenvalue weighted by atomic mass is 10.1. The van der Waals surface area contributed by atoms with Crippen LogP contribution in [0.25, 0.3) is 0 Å². The van der Waals surface area contributed by atoms with Crippen LogP contribution in [-0.4, -0.2) is 19.1 Å². The third-order valence-electron chi connectivity index (χ3n) is 3.34. The van der Waals surface area contributed by atoms with Gasteiger partial charge in [0.2, 0.25) is 0 Å². The Morgan fingerprint density at radius 3 is 2.44 bits per heavy atom. The van der Waals surface area contributed by atoms with E-state index in [-0.39, 0.29) is 12.5 Å². The maximum absolute atomic E-state index is 12.0. The zero-order valence-electron chi connectivity index (χ0n) is 14.2. The Hall–Kier alpha value is -1.91. The lowest BCUT2D eigenvalue weighted by Crippen LogP contribution is -2.20. The van der Waals surface area contributed by atoms with Crippen LogP contribution in [0.5, 0.6) is 11.5 Å².